The average molecular weight is 368 g/mol. The molecule has 2 aromatic carbocycles. The lowest BCUT2D eigenvalue weighted by Gasteiger charge is -2.23. The monoisotopic (exact) mass is 368 g/mol. The van der Waals surface area contributed by atoms with Crippen LogP contribution in [0.3, 0.4) is 0 Å². The van der Waals surface area contributed by atoms with Gasteiger partial charge in [0.2, 0.25) is 0 Å². The highest BCUT2D eigenvalue weighted by molar-refractivity contribution is 7.18. The van der Waals surface area contributed by atoms with Crippen molar-refractivity contribution in [3.8, 4) is 0 Å². The molecule has 1 aliphatic heterocycles. The van der Waals surface area contributed by atoms with Crippen LogP contribution in [-0.4, -0.2) is 37.2 Å². The molecule has 1 amide bonds. The Hall–Kier alpha value is -2.28. The molecule has 0 radical (unpaired) electrons. The Morgan fingerprint density at radius 3 is 2.73 bits per heavy atom. The van der Waals surface area contributed by atoms with Gasteiger partial charge in [-0.05, 0) is 37.3 Å². The third-order valence-electron chi connectivity index (χ3n) is 4.62. The molecular formula is C20H22N3O2S+. The van der Waals surface area contributed by atoms with Crippen LogP contribution in [0.25, 0.3) is 10.2 Å². The summed E-state index contributed by atoms with van der Waals surface area (Å²) in [7, 11) is 0. The van der Waals surface area contributed by atoms with E-state index < -0.39 is 0 Å². The second-order valence-corrected chi connectivity index (χ2v) is 7.84. The Morgan fingerprint density at radius 2 is 1.96 bits per heavy atom. The van der Waals surface area contributed by atoms with Crippen molar-refractivity contribution in [1.29, 1.82) is 0 Å². The van der Waals surface area contributed by atoms with Gasteiger partial charge in [-0.3, -0.25) is 4.79 Å². The molecule has 1 saturated heterocycles. The van der Waals surface area contributed by atoms with Crippen molar-refractivity contribution >= 4 is 33.1 Å². The minimum atomic E-state index is -0.0872. The molecule has 134 valence electrons. The highest BCUT2D eigenvalue weighted by atomic mass is 32.1. The summed E-state index contributed by atoms with van der Waals surface area (Å²) in [6, 6.07) is 13.7. The first-order valence-electron chi connectivity index (χ1n) is 8.86. The number of thiazole rings is 1. The standard InChI is InChI=1S/C20H21N3O2S/c1-14-21-18-7-6-17(12-19(18)26-14)22-20(24)16-4-2-15(3-5-16)13-23-8-10-25-11-9-23/h2-7,12H,8-11,13H2,1H3,(H,22,24)/p+1. The minimum absolute atomic E-state index is 0.0872. The van der Waals surface area contributed by atoms with Crippen LogP contribution in [0.2, 0.25) is 0 Å². The molecule has 2 N–H and O–H groups in total. The number of aromatic nitrogens is 1. The van der Waals surface area contributed by atoms with E-state index in [-0.39, 0.29) is 5.91 Å². The van der Waals surface area contributed by atoms with Crippen molar-refractivity contribution in [2.75, 3.05) is 31.6 Å². The van der Waals surface area contributed by atoms with Crippen LogP contribution < -0.4 is 10.2 Å². The minimum Gasteiger partial charge on any atom is -0.370 e. The number of nitrogens with zero attached hydrogens (tertiary/aromatic N) is 1. The first-order chi connectivity index (χ1) is 12.7. The lowest BCUT2D eigenvalue weighted by Crippen LogP contribution is -3.12. The van der Waals surface area contributed by atoms with Crippen molar-refractivity contribution in [2.24, 2.45) is 0 Å². The summed E-state index contributed by atoms with van der Waals surface area (Å²) >= 11 is 1.63. The predicted octanol–water partition coefficient (Wildman–Crippen LogP) is 2.27. The van der Waals surface area contributed by atoms with E-state index in [0.717, 1.165) is 53.8 Å². The van der Waals surface area contributed by atoms with Crippen LogP contribution in [0.1, 0.15) is 20.9 Å². The van der Waals surface area contributed by atoms with Gasteiger partial charge in [0.15, 0.2) is 0 Å². The number of quaternary nitrogens is 1. The van der Waals surface area contributed by atoms with Gasteiger partial charge in [-0.1, -0.05) is 12.1 Å². The van der Waals surface area contributed by atoms with Gasteiger partial charge in [-0.15, -0.1) is 11.3 Å². The molecule has 0 unspecified atom stereocenters. The quantitative estimate of drug-likeness (QED) is 0.743. The third-order valence-corrected chi connectivity index (χ3v) is 5.56. The highest BCUT2D eigenvalue weighted by Crippen LogP contribution is 2.25. The van der Waals surface area contributed by atoms with Crippen LogP contribution in [0, 0.1) is 6.92 Å². The van der Waals surface area contributed by atoms with E-state index in [4.69, 9.17) is 4.74 Å². The number of fused-ring (bicyclic) bond motifs is 1. The molecule has 1 aliphatic rings. The van der Waals surface area contributed by atoms with Gasteiger partial charge in [-0.2, -0.15) is 0 Å². The zero-order chi connectivity index (χ0) is 17.9. The fourth-order valence-corrected chi connectivity index (χ4v) is 4.09. The maximum Gasteiger partial charge on any atom is 0.255 e. The second kappa shape index (κ2) is 7.53. The fraction of sp³-hybridized carbons (Fsp3) is 0.300. The molecule has 2 heterocycles. The molecule has 4 rings (SSSR count). The molecular weight excluding hydrogens is 346 g/mol. The topological polar surface area (TPSA) is 55.7 Å². The molecule has 3 aromatic rings. The van der Waals surface area contributed by atoms with Gasteiger partial charge in [0.05, 0.1) is 28.4 Å². The predicted molar refractivity (Wildman–Crippen MR) is 104 cm³/mol. The number of anilines is 1. The van der Waals surface area contributed by atoms with Gasteiger partial charge in [0.25, 0.3) is 5.91 Å². The molecule has 0 bridgehead atoms. The van der Waals surface area contributed by atoms with E-state index >= 15 is 0 Å². The number of amides is 1. The maximum absolute atomic E-state index is 12.5. The Kier molecular flexibility index (Phi) is 4.97. The van der Waals surface area contributed by atoms with Crippen LogP contribution in [-0.2, 0) is 11.3 Å². The van der Waals surface area contributed by atoms with Crippen LogP contribution in [0.15, 0.2) is 42.5 Å². The lowest BCUT2D eigenvalue weighted by molar-refractivity contribution is -0.921. The molecule has 26 heavy (non-hydrogen) atoms. The zero-order valence-corrected chi connectivity index (χ0v) is 15.6. The third kappa shape index (κ3) is 3.93. The van der Waals surface area contributed by atoms with Gasteiger partial charge < -0.3 is 15.0 Å². The van der Waals surface area contributed by atoms with Gasteiger partial charge in [0.1, 0.15) is 19.6 Å². The second-order valence-electron chi connectivity index (χ2n) is 6.61. The summed E-state index contributed by atoms with van der Waals surface area (Å²) in [5.41, 5.74) is 3.69. The first-order valence-corrected chi connectivity index (χ1v) is 9.68. The van der Waals surface area contributed by atoms with E-state index in [1.807, 2.05) is 49.4 Å². The summed E-state index contributed by atoms with van der Waals surface area (Å²) in [6.07, 6.45) is 0. The smallest absolute Gasteiger partial charge is 0.255 e. The molecule has 0 saturated carbocycles. The van der Waals surface area contributed by atoms with Crippen molar-refractivity contribution < 1.29 is 14.4 Å². The number of benzene rings is 2. The molecule has 5 nitrogen and oxygen atoms in total. The van der Waals surface area contributed by atoms with E-state index in [1.54, 1.807) is 11.3 Å². The van der Waals surface area contributed by atoms with E-state index in [9.17, 15) is 4.79 Å². The van der Waals surface area contributed by atoms with Crippen LogP contribution in [0.4, 0.5) is 5.69 Å². The van der Waals surface area contributed by atoms with Crippen molar-refractivity contribution in [3.05, 3.63) is 58.6 Å². The number of morpholine rings is 1. The first kappa shape index (κ1) is 17.1. The zero-order valence-electron chi connectivity index (χ0n) is 14.7. The number of carbonyl (C=O) groups is 1. The Morgan fingerprint density at radius 1 is 1.19 bits per heavy atom. The number of nitrogens with one attached hydrogen (secondary N) is 2. The Labute approximate surface area is 156 Å². The summed E-state index contributed by atoms with van der Waals surface area (Å²) in [4.78, 5) is 18.5. The number of carbonyl (C=O) groups excluding carboxylic acids is 1. The SMILES string of the molecule is Cc1nc2ccc(NC(=O)c3ccc(C[NH+]4CCOCC4)cc3)cc2s1. The summed E-state index contributed by atoms with van der Waals surface area (Å²) < 4.78 is 6.48. The van der Waals surface area contributed by atoms with Gasteiger partial charge in [0, 0.05) is 16.8 Å². The number of hydrogen-bond donors (Lipinski definition) is 2. The fourth-order valence-electron chi connectivity index (χ4n) is 3.22. The van der Waals surface area contributed by atoms with Gasteiger partial charge in [-0.25, -0.2) is 4.98 Å². The number of hydrogen-bond acceptors (Lipinski definition) is 4. The molecule has 0 aliphatic carbocycles. The van der Waals surface area contributed by atoms with Crippen molar-refractivity contribution in [2.45, 2.75) is 13.5 Å². The van der Waals surface area contributed by atoms with Gasteiger partial charge >= 0.3 is 0 Å². The summed E-state index contributed by atoms with van der Waals surface area (Å²) in [5.74, 6) is -0.0872. The van der Waals surface area contributed by atoms with Crippen molar-refractivity contribution in [1.82, 2.24) is 4.98 Å². The highest BCUT2D eigenvalue weighted by Gasteiger charge is 2.14. The maximum atomic E-state index is 12.5. The number of aryl methyl sites for hydroxylation is 1. The number of rotatable bonds is 4. The number of ether oxygens (including phenoxy) is 1. The lowest BCUT2D eigenvalue weighted by atomic mass is 10.1. The summed E-state index contributed by atoms with van der Waals surface area (Å²) in [5, 5.41) is 4.01. The molecule has 0 spiro atoms. The van der Waals surface area contributed by atoms with E-state index in [1.165, 1.54) is 10.5 Å². The average Bonchev–Trinajstić information content (AvgIpc) is 3.02. The van der Waals surface area contributed by atoms with E-state index in [2.05, 4.69) is 10.3 Å². The Bertz CT molecular complexity index is 914. The largest absolute Gasteiger partial charge is 0.370 e. The molecule has 1 aromatic heterocycles. The van der Waals surface area contributed by atoms with Crippen LogP contribution >= 0.6 is 11.3 Å². The van der Waals surface area contributed by atoms with Crippen molar-refractivity contribution in [3.63, 3.8) is 0 Å². The van der Waals surface area contributed by atoms with Crippen LogP contribution in [0.5, 0.6) is 0 Å². The Balaban J connectivity index is 1.41. The summed E-state index contributed by atoms with van der Waals surface area (Å²) in [6.45, 7) is 6.72. The molecule has 1 fully saturated rings. The van der Waals surface area contributed by atoms with E-state index in [0.29, 0.717) is 5.56 Å². The molecule has 0 atom stereocenters. The molecule has 6 heteroatoms. The normalized spacial score (nSPS) is 15.3.